The SMILES string of the molecule is COc1cc(O)c2cc1C(c1cc(C)cc(C)c1)CCCC2. The normalized spacial score (nSPS) is 17.7. The van der Waals surface area contributed by atoms with Gasteiger partial charge in [0.2, 0.25) is 0 Å². The second-order valence-electron chi connectivity index (χ2n) is 6.44. The first-order chi connectivity index (χ1) is 10.6. The van der Waals surface area contributed by atoms with Gasteiger partial charge in [0.25, 0.3) is 0 Å². The van der Waals surface area contributed by atoms with Crippen molar-refractivity contribution in [3.8, 4) is 11.5 Å². The second kappa shape index (κ2) is 6.04. The van der Waals surface area contributed by atoms with Crippen LogP contribution in [0.4, 0.5) is 0 Å². The van der Waals surface area contributed by atoms with Crippen molar-refractivity contribution >= 4 is 0 Å². The number of rotatable bonds is 2. The molecule has 1 aliphatic rings. The molecule has 1 unspecified atom stereocenters. The number of methoxy groups -OCH3 is 1. The molecule has 1 atom stereocenters. The summed E-state index contributed by atoms with van der Waals surface area (Å²) < 4.78 is 5.55. The standard InChI is InChI=1S/C20H24O2/c1-13-8-14(2)10-16(9-13)17-7-5-4-6-15-11-18(17)20(22-3)12-19(15)21/h8-12,17,21H,4-7H2,1-3H3. The maximum atomic E-state index is 10.2. The largest absolute Gasteiger partial charge is 0.508 e. The molecule has 2 heteroatoms. The van der Waals surface area contributed by atoms with Crippen LogP contribution in [0.5, 0.6) is 11.5 Å². The fourth-order valence-corrected chi connectivity index (χ4v) is 3.66. The number of hydrogen-bond acceptors (Lipinski definition) is 2. The van der Waals surface area contributed by atoms with Gasteiger partial charge in [-0.25, -0.2) is 0 Å². The molecule has 0 radical (unpaired) electrons. The fraction of sp³-hybridized carbons (Fsp3) is 0.400. The van der Waals surface area contributed by atoms with Crippen LogP contribution in [0, 0.1) is 13.8 Å². The van der Waals surface area contributed by atoms with E-state index in [0.29, 0.717) is 11.7 Å². The van der Waals surface area contributed by atoms with Gasteiger partial charge in [0.15, 0.2) is 0 Å². The summed E-state index contributed by atoms with van der Waals surface area (Å²) in [4.78, 5) is 0. The molecule has 0 saturated carbocycles. The van der Waals surface area contributed by atoms with Crippen LogP contribution in [0.15, 0.2) is 30.3 Å². The van der Waals surface area contributed by atoms with Crippen LogP contribution in [-0.2, 0) is 6.42 Å². The number of aromatic hydroxyl groups is 1. The number of aryl methyl sites for hydroxylation is 3. The van der Waals surface area contributed by atoms with E-state index in [2.05, 4.69) is 38.1 Å². The highest BCUT2D eigenvalue weighted by Crippen LogP contribution is 2.41. The number of fused-ring (bicyclic) bond motifs is 2. The molecule has 0 saturated heterocycles. The summed E-state index contributed by atoms with van der Waals surface area (Å²) in [6.45, 7) is 4.30. The number of benzene rings is 2. The van der Waals surface area contributed by atoms with Crippen molar-refractivity contribution in [1.82, 2.24) is 0 Å². The van der Waals surface area contributed by atoms with Gasteiger partial charge in [-0.05, 0) is 50.3 Å². The summed E-state index contributed by atoms with van der Waals surface area (Å²) in [7, 11) is 1.68. The van der Waals surface area contributed by atoms with Crippen molar-refractivity contribution in [3.05, 3.63) is 58.1 Å². The fourth-order valence-electron chi connectivity index (χ4n) is 3.66. The third kappa shape index (κ3) is 2.83. The predicted octanol–water partition coefficient (Wildman–Crippen LogP) is 4.88. The smallest absolute Gasteiger partial charge is 0.126 e. The Hall–Kier alpha value is -1.96. The predicted molar refractivity (Wildman–Crippen MR) is 90.0 cm³/mol. The van der Waals surface area contributed by atoms with Crippen LogP contribution in [0.25, 0.3) is 0 Å². The zero-order valence-corrected chi connectivity index (χ0v) is 13.6. The van der Waals surface area contributed by atoms with Crippen LogP contribution >= 0.6 is 0 Å². The molecule has 2 bridgehead atoms. The van der Waals surface area contributed by atoms with Crippen LogP contribution in [0.1, 0.15) is 53.0 Å². The molecule has 116 valence electrons. The molecule has 0 aliphatic heterocycles. The van der Waals surface area contributed by atoms with Gasteiger partial charge < -0.3 is 9.84 Å². The Labute approximate surface area is 132 Å². The minimum Gasteiger partial charge on any atom is -0.508 e. The van der Waals surface area contributed by atoms with E-state index in [9.17, 15) is 5.11 Å². The maximum absolute atomic E-state index is 10.2. The summed E-state index contributed by atoms with van der Waals surface area (Å²) in [6.07, 6.45) is 4.37. The molecule has 2 aromatic rings. The first-order valence-electron chi connectivity index (χ1n) is 8.06. The Morgan fingerprint density at radius 1 is 1.00 bits per heavy atom. The van der Waals surface area contributed by atoms with Crippen molar-refractivity contribution in [3.63, 3.8) is 0 Å². The Bertz CT molecular complexity index is 668. The lowest BCUT2D eigenvalue weighted by Gasteiger charge is -2.25. The van der Waals surface area contributed by atoms with E-state index < -0.39 is 0 Å². The average Bonchev–Trinajstić information content (AvgIpc) is 2.44. The summed E-state index contributed by atoms with van der Waals surface area (Å²) in [5.74, 6) is 1.50. The molecule has 0 fully saturated rings. The van der Waals surface area contributed by atoms with E-state index in [-0.39, 0.29) is 0 Å². The number of phenols is 1. The summed E-state index contributed by atoms with van der Waals surface area (Å²) >= 11 is 0. The molecule has 0 spiro atoms. The minimum absolute atomic E-state index is 0.341. The Kier molecular flexibility index (Phi) is 4.10. The van der Waals surface area contributed by atoms with Crippen LogP contribution < -0.4 is 4.74 Å². The molecule has 0 heterocycles. The summed E-state index contributed by atoms with van der Waals surface area (Å²) in [5, 5.41) is 10.2. The molecule has 2 nitrogen and oxygen atoms in total. The lowest BCUT2D eigenvalue weighted by molar-refractivity contribution is 0.395. The number of phenolic OH excluding ortho intramolecular Hbond substituents is 1. The Morgan fingerprint density at radius 3 is 2.41 bits per heavy atom. The lowest BCUT2D eigenvalue weighted by Crippen LogP contribution is -2.08. The third-order valence-electron chi connectivity index (χ3n) is 4.64. The molecule has 0 aromatic heterocycles. The van der Waals surface area contributed by atoms with E-state index in [1.165, 1.54) is 28.7 Å². The van der Waals surface area contributed by atoms with E-state index in [1.807, 2.05) is 0 Å². The van der Waals surface area contributed by atoms with E-state index in [1.54, 1.807) is 13.2 Å². The summed E-state index contributed by atoms with van der Waals surface area (Å²) in [5.41, 5.74) is 6.21. The van der Waals surface area contributed by atoms with Gasteiger partial charge in [0, 0.05) is 17.5 Å². The van der Waals surface area contributed by atoms with Crippen LogP contribution in [0.2, 0.25) is 0 Å². The van der Waals surface area contributed by atoms with Crippen molar-refractivity contribution in [2.75, 3.05) is 7.11 Å². The lowest BCUT2D eigenvalue weighted by atomic mass is 9.82. The van der Waals surface area contributed by atoms with E-state index in [4.69, 9.17) is 4.74 Å². The zero-order valence-electron chi connectivity index (χ0n) is 13.6. The second-order valence-corrected chi connectivity index (χ2v) is 6.44. The van der Waals surface area contributed by atoms with Crippen LogP contribution in [-0.4, -0.2) is 12.2 Å². The van der Waals surface area contributed by atoms with Gasteiger partial charge in [-0.15, -0.1) is 0 Å². The third-order valence-corrected chi connectivity index (χ3v) is 4.64. The molecule has 3 rings (SSSR count). The van der Waals surface area contributed by atoms with Crippen molar-refractivity contribution in [2.45, 2.75) is 45.4 Å². The minimum atomic E-state index is 0.341. The Balaban J connectivity index is 2.15. The van der Waals surface area contributed by atoms with Gasteiger partial charge in [0.1, 0.15) is 11.5 Å². The average molecular weight is 296 g/mol. The van der Waals surface area contributed by atoms with E-state index >= 15 is 0 Å². The van der Waals surface area contributed by atoms with E-state index in [0.717, 1.165) is 30.6 Å². The van der Waals surface area contributed by atoms with Gasteiger partial charge in [-0.2, -0.15) is 0 Å². The van der Waals surface area contributed by atoms with Crippen molar-refractivity contribution in [2.24, 2.45) is 0 Å². The highest BCUT2D eigenvalue weighted by molar-refractivity contribution is 5.51. The molecular weight excluding hydrogens is 272 g/mol. The van der Waals surface area contributed by atoms with Gasteiger partial charge in [-0.3, -0.25) is 0 Å². The first kappa shape index (κ1) is 15.0. The van der Waals surface area contributed by atoms with Crippen molar-refractivity contribution < 1.29 is 9.84 Å². The van der Waals surface area contributed by atoms with Gasteiger partial charge in [0.05, 0.1) is 7.11 Å². The molecule has 0 amide bonds. The van der Waals surface area contributed by atoms with Gasteiger partial charge in [-0.1, -0.05) is 35.7 Å². The quantitative estimate of drug-likeness (QED) is 0.856. The highest BCUT2D eigenvalue weighted by atomic mass is 16.5. The van der Waals surface area contributed by atoms with Crippen LogP contribution in [0.3, 0.4) is 0 Å². The number of ether oxygens (including phenoxy) is 1. The highest BCUT2D eigenvalue weighted by Gasteiger charge is 2.22. The topological polar surface area (TPSA) is 29.5 Å². The molecule has 22 heavy (non-hydrogen) atoms. The molecule has 1 aliphatic carbocycles. The Morgan fingerprint density at radius 2 is 1.73 bits per heavy atom. The first-order valence-corrected chi connectivity index (χ1v) is 8.06. The zero-order chi connectivity index (χ0) is 15.7. The molecule has 2 aromatic carbocycles. The molecule has 1 N–H and O–H groups in total. The van der Waals surface area contributed by atoms with Gasteiger partial charge >= 0.3 is 0 Å². The molecular formula is C20H24O2. The maximum Gasteiger partial charge on any atom is 0.126 e. The summed E-state index contributed by atoms with van der Waals surface area (Å²) in [6, 6.07) is 10.7. The monoisotopic (exact) mass is 296 g/mol. The van der Waals surface area contributed by atoms with Crippen molar-refractivity contribution in [1.29, 1.82) is 0 Å². The number of hydrogen-bond donors (Lipinski definition) is 1.